The third kappa shape index (κ3) is 1.35. The van der Waals surface area contributed by atoms with Crippen LogP contribution in [0, 0.1) is 12.1 Å². The van der Waals surface area contributed by atoms with Crippen LogP contribution in [0.15, 0.2) is 21.8 Å². The molecule has 2 aromatic rings. The largest absolute Gasteiger partial charge is 0.507 e. The van der Waals surface area contributed by atoms with E-state index in [0.717, 1.165) is 0 Å². The number of aromatic hydroxyl groups is 1. The molecule has 6 heteroatoms. The van der Waals surface area contributed by atoms with Gasteiger partial charge in [0.15, 0.2) is 0 Å². The van der Waals surface area contributed by atoms with Crippen molar-refractivity contribution in [3.8, 4) is 5.75 Å². The highest BCUT2D eigenvalue weighted by Gasteiger charge is 2.15. The van der Waals surface area contributed by atoms with E-state index < -0.39 is 0 Å². The van der Waals surface area contributed by atoms with Crippen LogP contribution in [0.2, 0.25) is 0 Å². The summed E-state index contributed by atoms with van der Waals surface area (Å²) in [4.78, 5) is 0.374. The number of phenolic OH excluding ortho intramolecular Hbond substituents is 1. The Morgan fingerprint density at radius 1 is 1.50 bits per heavy atom. The van der Waals surface area contributed by atoms with E-state index >= 15 is 0 Å². The molecule has 0 bridgehead atoms. The first-order chi connectivity index (χ1) is 7.54. The highest BCUT2D eigenvalue weighted by Crippen LogP contribution is 2.26. The molecule has 2 N–H and O–H groups in total. The Morgan fingerprint density at radius 2 is 2.19 bits per heavy atom. The van der Waals surface area contributed by atoms with E-state index in [-0.39, 0.29) is 11.5 Å². The van der Waals surface area contributed by atoms with E-state index in [9.17, 15) is 10.3 Å². The maximum absolute atomic E-state index is 11.2. The number of aryl methyl sites for hydroxylation is 1. The molecule has 16 heavy (non-hydrogen) atoms. The van der Waals surface area contributed by atoms with E-state index in [4.69, 9.17) is 9.73 Å². The molecule has 0 saturated heterocycles. The van der Waals surface area contributed by atoms with Gasteiger partial charge in [-0.1, -0.05) is 5.16 Å². The third-order valence-corrected chi connectivity index (χ3v) is 2.48. The van der Waals surface area contributed by atoms with Crippen molar-refractivity contribution in [1.82, 2.24) is 0 Å². The van der Waals surface area contributed by atoms with Crippen LogP contribution in [0.4, 0.5) is 0 Å². The summed E-state index contributed by atoms with van der Waals surface area (Å²) in [5, 5.41) is 33.1. The molecule has 0 aliphatic carbocycles. The zero-order valence-corrected chi connectivity index (χ0v) is 8.76. The number of fused-ring (bicyclic) bond motifs is 1. The molecule has 0 fully saturated rings. The summed E-state index contributed by atoms with van der Waals surface area (Å²) in [6.07, 6.45) is 0. The predicted molar refractivity (Wildman–Crippen MR) is 55.6 cm³/mol. The highest BCUT2D eigenvalue weighted by molar-refractivity contribution is 6.03. The van der Waals surface area contributed by atoms with Crippen LogP contribution < -0.4 is 4.90 Å². The number of oxime groups is 1. The summed E-state index contributed by atoms with van der Waals surface area (Å²) in [5.74, 6) is -0.0999. The number of nitrogens with zero attached hydrogens (tertiary/aromatic N) is 2. The summed E-state index contributed by atoms with van der Waals surface area (Å²) in [6.45, 7) is 3.15. The van der Waals surface area contributed by atoms with Crippen LogP contribution in [-0.2, 0) is 0 Å². The maximum atomic E-state index is 11.2. The van der Waals surface area contributed by atoms with Gasteiger partial charge in [-0.25, -0.2) is 0 Å². The first-order valence-electron chi connectivity index (χ1n) is 4.59. The fourth-order valence-corrected chi connectivity index (χ4v) is 1.53. The topological polar surface area (TPSA) is 92.9 Å². The van der Waals surface area contributed by atoms with Gasteiger partial charge in [0.1, 0.15) is 5.75 Å². The van der Waals surface area contributed by atoms with Gasteiger partial charge in [-0.15, -0.1) is 0 Å². The van der Waals surface area contributed by atoms with Crippen molar-refractivity contribution in [3.63, 3.8) is 0 Å². The summed E-state index contributed by atoms with van der Waals surface area (Å²) in [6, 6.07) is 2.87. The number of phenols is 1. The second-order valence-corrected chi connectivity index (χ2v) is 3.48. The van der Waals surface area contributed by atoms with E-state index in [1.807, 2.05) is 0 Å². The lowest BCUT2D eigenvalue weighted by atomic mass is 10.1. The lowest BCUT2D eigenvalue weighted by molar-refractivity contribution is -0.792. The van der Waals surface area contributed by atoms with Gasteiger partial charge in [0.05, 0.1) is 16.7 Å². The quantitative estimate of drug-likeness (QED) is 0.329. The van der Waals surface area contributed by atoms with Crippen LogP contribution in [0.5, 0.6) is 5.75 Å². The Hall–Kier alpha value is -2.24. The van der Waals surface area contributed by atoms with Crippen molar-refractivity contribution < 1.29 is 19.7 Å². The van der Waals surface area contributed by atoms with Gasteiger partial charge in [-0.05, 0) is 13.0 Å². The predicted octanol–water partition coefficient (Wildman–Crippen LogP) is 1.28. The molecule has 0 spiro atoms. The number of benzene rings is 1. The molecule has 0 aliphatic heterocycles. The molecule has 0 saturated carbocycles. The van der Waals surface area contributed by atoms with Crippen molar-refractivity contribution in [2.75, 3.05) is 0 Å². The summed E-state index contributed by atoms with van der Waals surface area (Å²) >= 11 is 0. The molecule has 84 valence electrons. The van der Waals surface area contributed by atoms with Gasteiger partial charge in [-0.2, -0.15) is 0 Å². The second-order valence-electron chi connectivity index (χ2n) is 3.48. The molecule has 0 unspecified atom stereocenters. The minimum atomic E-state index is -0.0999. The van der Waals surface area contributed by atoms with E-state index in [1.54, 1.807) is 19.9 Å². The summed E-state index contributed by atoms with van der Waals surface area (Å²) in [7, 11) is 0. The zero-order valence-electron chi connectivity index (χ0n) is 8.76. The second kappa shape index (κ2) is 3.41. The minimum absolute atomic E-state index is 0.0999. The molecule has 1 heterocycles. The third-order valence-electron chi connectivity index (χ3n) is 2.48. The number of aromatic nitrogens is 1. The van der Waals surface area contributed by atoms with E-state index in [0.29, 0.717) is 27.1 Å². The van der Waals surface area contributed by atoms with Gasteiger partial charge >= 0.3 is 0 Å². The number of hydrogen-bond acceptors (Lipinski definition) is 5. The van der Waals surface area contributed by atoms with E-state index in [1.165, 1.54) is 6.07 Å². The highest BCUT2D eigenvalue weighted by atomic mass is 16.7. The van der Waals surface area contributed by atoms with Crippen LogP contribution in [0.25, 0.3) is 11.0 Å². The smallest absolute Gasteiger partial charge is 0.250 e. The van der Waals surface area contributed by atoms with Crippen molar-refractivity contribution in [3.05, 3.63) is 28.6 Å². The molecule has 2 rings (SSSR count). The molecule has 0 radical (unpaired) electrons. The van der Waals surface area contributed by atoms with Gasteiger partial charge in [-0.3, -0.25) is 5.21 Å². The van der Waals surface area contributed by atoms with Crippen molar-refractivity contribution in [1.29, 1.82) is 0 Å². The molecule has 0 aliphatic rings. The monoisotopic (exact) mass is 222 g/mol. The lowest BCUT2D eigenvalue weighted by Crippen LogP contribution is -2.25. The molecule has 6 nitrogen and oxygen atoms in total. The molecular formula is C10H10N2O4. The molecule has 0 amide bonds. The maximum Gasteiger partial charge on any atom is 0.250 e. The van der Waals surface area contributed by atoms with Gasteiger partial charge in [0.25, 0.3) is 5.69 Å². The van der Waals surface area contributed by atoms with Gasteiger partial charge < -0.3 is 14.8 Å². The summed E-state index contributed by atoms with van der Waals surface area (Å²) in [5.41, 5.74) is 1.30. The Kier molecular flexibility index (Phi) is 2.19. The molecule has 1 aromatic carbocycles. The van der Waals surface area contributed by atoms with Gasteiger partial charge in [0.2, 0.25) is 0 Å². The van der Waals surface area contributed by atoms with Crippen LogP contribution in [0.1, 0.15) is 18.2 Å². The number of hydrogen-bond donors (Lipinski definition) is 2. The number of rotatable bonds is 1. The average Bonchev–Trinajstić information content (AvgIpc) is 2.52. The Labute approximate surface area is 90.6 Å². The Balaban J connectivity index is 2.79. The normalized spacial score (nSPS) is 12.2. The molecule has 1 aromatic heterocycles. The summed E-state index contributed by atoms with van der Waals surface area (Å²) < 4.78 is 4.85. The lowest BCUT2D eigenvalue weighted by Gasteiger charge is -2.01. The Bertz CT molecular complexity index is 586. The molecular weight excluding hydrogens is 212 g/mol. The van der Waals surface area contributed by atoms with Gasteiger partial charge in [0, 0.05) is 23.5 Å². The standard InChI is InChI=1S/C10H10N2O4/c1-5(11-14)7-3-8-6(2)12(15)16-10(8)4-9(7)13/h3-4,13-14H,1-2H3/b11-5+. The van der Waals surface area contributed by atoms with Crippen molar-refractivity contribution in [2.45, 2.75) is 13.8 Å². The van der Waals surface area contributed by atoms with Crippen molar-refractivity contribution >= 4 is 16.7 Å². The van der Waals surface area contributed by atoms with Crippen LogP contribution in [-0.4, -0.2) is 16.0 Å². The van der Waals surface area contributed by atoms with E-state index in [2.05, 4.69) is 5.16 Å². The SMILES string of the molecule is C/C(=N\O)c1cc2c(C)[n+]([O-])oc2cc1O. The minimum Gasteiger partial charge on any atom is -0.507 e. The first-order valence-corrected chi connectivity index (χ1v) is 4.59. The Morgan fingerprint density at radius 3 is 2.81 bits per heavy atom. The molecule has 0 atom stereocenters. The average molecular weight is 222 g/mol. The fraction of sp³-hybridized carbons (Fsp3) is 0.200. The fourth-order valence-electron chi connectivity index (χ4n) is 1.53. The van der Waals surface area contributed by atoms with Crippen LogP contribution >= 0.6 is 0 Å². The van der Waals surface area contributed by atoms with Crippen molar-refractivity contribution in [2.24, 2.45) is 5.16 Å². The first kappa shape index (κ1) is 10.3. The van der Waals surface area contributed by atoms with Crippen LogP contribution in [0.3, 0.4) is 0 Å². The zero-order chi connectivity index (χ0) is 11.9.